The number of ketones is 1. The van der Waals surface area contributed by atoms with Gasteiger partial charge in [0.05, 0.1) is 81.1 Å². The quantitative estimate of drug-likeness (QED) is 0.0541. The van der Waals surface area contributed by atoms with Crippen LogP contribution in [-0.4, -0.2) is 303 Å². The summed E-state index contributed by atoms with van der Waals surface area (Å²) in [6.07, 6.45) is -28.7. The number of amides is 2. The monoisotopic (exact) mass is 1350 g/mol. The van der Waals surface area contributed by atoms with Gasteiger partial charge in [0.1, 0.15) is 84.4 Å². The Balaban J connectivity index is 0.000000340. The molecule has 0 bridgehead atoms. The molecule has 2 aliphatic carbocycles. The molecule has 0 aromatic rings. The van der Waals surface area contributed by atoms with Crippen LogP contribution in [0.5, 0.6) is 0 Å². The summed E-state index contributed by atoms with van der Waals surface area (Å²) in [6.45, 7) is 18.6. The van der Waals surface area contributed by atoms with E-state index in [0.717, 1.165) is 0 Å². The standard InChI is InChI=1S/C30H54N2O14.C21H40N2O10.C8H15NO5/c1-7-17-22(38)20(36)13(3)27(42-17)44-25-12(2)8-14(9-15(34)16(35)10-32-29(41)46-30(4,5)6)26(24(25)40)45-28-23(39)19(31)21(37)18(11-33)43-28;1-4-10-15(27)13(25)8(3)20(30-10)32-18-7(2)5-9(22)19(17(18)29)33-21-16(28)12(23)14(26)11(6-24)31-21;1-8(2,3)14-7(13)9-4-5(10)6(11)12/h12-14,16-28,33,35-40H,7-11,31H2,1-6H3,(H,32,41);7-21,24-29H,4-6,22-23H2,1-3H3;5,10H,4H2,1-3H3,(H,9,13)(H,11,12)/t12-,13+,14-,16-,17+,18+,19-,20+,21+,22+,23+,24-,25?,26-,27+,28+;7-,8+,9+,10+,11+,12-,13+,14+,15+,16+,17-,18?,19-,20+,21+;5-/m000/s1. The number of aliphatic hydroxyl groups is 14. The van der Waals surface area contributed by atoms with Gasteiger partial charge in [-0.25, -0.2) is 14.4 Å². The molecular weight excluding hydrogens is 1240 g/mol. The van der Waals surface area contributed by atoms with E-state index >= 15 is 0 Å². The Labute approximate surface area is 541 Å². The van der Waals surface area contributed by atoms with Gasteiger partial charge in [-0.2, -0.15) is 0 Å². The van der Waals surface area contributed by atoms with Crippen molar-refractivity contribution in [3.8, 4) is 0 Å². The number of alkyl carbamates (subject to hydrolysis) is 2. The average molecular weight is 1350 g/mol. The Morgan fingerprint density at radius 2 is 0.839 bits per heavy atom. The molecular formula is C59H109N5O29. The number of carbonyl (C=O) groups excluding carboxylic acids is 3. The number of ether oxygens (including phenoxy) is 10. The number of carbonyl (C=O) groups is 4. The summed E-state index contributed by atoms with van der Waals surface area (Å²) in [7, 11) is 0. The maximum atomic E-state index is 13.1. The normalized spacial score (nSPS) is 42.2. The van der Waals surface area contributed by atoms with Crippen molar-refractivity contribution in [2.24, 2.45) is 46.8 Å². The summed E-state index contributed by atoms with van der Waals surface area (Å²) in [6, 6.07) is -3.01. The lowest BCUT2D eigenvalue weighted by molar-refractivity contribution is -0.332. The van der Waals surface area contributed by atoms with E-state index in [4.69, 9.17) is 74.8 Å². The minimum absolute atomic E-state index is 0.193. The molecule has 2 saturated carbocycles. The maximum Gasteiger partial charge on any atom is 0.407 e. The van der Waals surface area contributed by atoms with Crippen molar-refractivity contribution >= 4 is 23.9 Å². The zero-order valence-corrected chi connectivity index (χ0v) is 55.0. The summed E-state index contributed by atoms with van der Waals surface area (Å²) in [5, 5.41) is 157. The molecule has 93 heavy (non-hydrogen) atoms. The van der Waals surface area contributed by atoms with Gasteiger partial charge < -0.3 is 152 Å². The second-order valence-corrected chi connectivity index (χ2v) is 27.2. The van der Waals surface area contributed by atoms with Gasteiger partial charge in [0.15, 0.2) is 37.0 Å². The molecule has 0 radical (unpaired) electrons. The SMILES string of the molecule is CC(C)(C)OC(=O)NC[C@H](O)C(=O)O.CC[C@H]1O[C@H](OC2[C@@H](C)C[C@@H](CC(=O)[C@@H](O)CNC(=O)OC(C)(C)C)[C@H](O[C@H]3O[C@H](CO)[C@@H](O)[C@H](N)[C@H]3O)[C@H]2O)[C@H](C)[C@@H](O)[C@@H]1O.CC[C@H]1O[C@H](OC2[C@@H](C)C[C@@H](N)[C@H](O[C@H]3O[C@H](CO)[C@@H](O)[C@H](N)[C@H]3O)[C@H]2O)[C@H](C)[C@@H](O)[C@@H]1O. The van der Waals surface area contributed by atoms with Gasteiger partial charge in [-0.15, -0.1) is 0 Å². The third kappa shape index (κ3) is 22.3. The highest BCUT2D eigenvalue weighted by Crippen LogP contribution is 2.41. The van der Waals surface area contributed by atoms with Gasteiger partial charge in [-0.3, -0.25) is 4.79 Å². The van der Waals surface area contributed by atoms with Crippen molar-refractivity contribution in [3.05, 3.63) is 0 Å². The third-order valence-electron chi connectivity index (χ3n) is 17.3. The first kappa shape index (κ1) is 82.1. The van der Waals surface area contributed by atoms with Crippen LogP contribution in [0.4, 0.5) is 9.59 Å². The molecule has 544 valence electrons. The Kier molecular flexibility index (Phi) is 31.8. The number of nitrogens with one attached hydrogen (secondary N) is 2. The van der Waals surface area contributed by atoms with Crippen molar-refractivity contribution in [2.75, 3.05) is 26.3 Å². The second kappa shape index (κ2) is 36.0. The molecule has 32 atom stereocenters. The molecule has 0 aromatic heterocycles. The number of aliphatic hydroxyl groups excluding tert-OH is 14. The van der Waals surface area contributed by atoms with Crippen molar-refractivity contribution in [1.82, 2.24) is 10.6 Å². The highest BCUT2D eigenvalue weighted by Gasteiger charge is 2.54. The van der Waals surface area contributed by atoms with Crippen molar-refractivity contribution in [2.45, 2.75) is 292 Å². The lowest BCUT2D eigenvalue weighted by Gasteiger charge is -2.49. The van der Waals surface area contributed by atoms with Crippen LogP contribution in [0.25, 0.3) is 0 Å². The molecule has 4 saturated heterocycles. The Morgan fingerprint density at radius 3 is 1.22 bits per heavy atom. The van der Waals surface area contributed by atoms with Crippen LogP contribution in [0.2, 0.25) is 0 Å². The van der Waals surface area contributed by atoms with Gasteiger partial charge in [0.25, 0.3) is 0 Å². The number of rotatable bonds is 20. The maximum absolute atomic E-state index is 13.1. The van der Waals surface area contributed by atoms with E-state index in [-0.39, 0.29) is 25.3 Å². The number of hydrogen-bond acceptors (Lipinski definition) is 31. The van der Waals surface area contributed by atoms with E-state index in [9.17, 15) is 85.6 Å². The fourth-order valence-corrected chi connectivity index (χ4v) is 11.8. The number of hydrogen-bond donors (Lipinski definition) is 20. The van der Waals surface area contributed by atoms with Crippen LogP contribution in [0.15, 0.2) is 0 Å². The van der Waals surface area contributed by atoms with E-state index in [1.54, 1.807) is 69.2 Å². The van der Waals surface area contributed by atoms with Gasteiger partial charge >= 0.3 is 18.2 Å². The van der Waals surface area contributed by atoms with E-state index < -0.39 is 244 Å². The predicted molar refractivity (Wildman–Crippen MR) is 320 cm³/mol. The topological polar surface area (TPSA) is 566 Å². The average Bonchev–Trinajstić information content (AvgIpc) is 0.796. The van der Waals surface area contributed by atoms with E-state index in [1.165, 1.54) is 0 Å². The highest BCUT2D eigenvalue weighted by molar-refractivity contribution is 5.84. The van der Waals surface area contributed by atoms with Crippen LogP contribution in [-0.2, 0) is 57.0 Å². The molecule has 2 unspecified atom stereocenters. The Hall–Kier alpha value is -3.32. The number of Topliss-reactive ketones (excluding diaryl/α,β-unsaturated/α-hetero) is 1. The first-order chi connectivity index (χ1) is 43.1. The van der Waals surface area contributed by atoms with Gasteiger partial charge in [0.2, 0.25) is 0 Å². The molecule has 34 nitrogen and oxygen atoms in total. The first-order valence-electron chi connectivity index (χ1n) is 31.7. The second-order valence-electron chi connectivity index (χ2n) is 27.2. The summed E-state index contributed by atoms with van der Waals surface area (Å²) in [5.74, 6) is -4.65. The molecule has 6 rings (SSSR count). The van der Waals surface area contributed by atoms with Crippen LogP contribution in [0.1, 0.15) is 115 Å². The molecule has 34 heteroatoms. The first-order valence-corrected chi connectivity index (χ1v) is 31.7. The van der Waals surface area contributed by atoms with Crippen LogP contribution in [0, 0.1) is 29.6 Å². The van der Waals surface area contributed by atoms with Crippen LogP contribution < -0.4 is 27.8 Å². The smallest absolute Gasteiger partial charge is 0.407 e. The third-order valence-corrected chi connectivity index (χ3v) is 17.3. The summed E-state index contributed by atoms with van der Waals surface area (Å²) in [4.78, 5) is 46.3. The molecule has 23 N–H and O–H groups in total. The minimum Gasteiger partial charge on any atom is -0.479 e. The highest BCUT2D eigenvalue weighted by atomic mass is 16.7. The number of nitrogens with two attached hydrogens (primary N) is 3. The minimum atomic E-state index is -1.61. The lowest BCUT2D eigenvalue weighted by atomic mass is 9.73. The predicted octanol–water partition coefficient (Wildman–Crippen LogP) is -5.42. The Bertz CT molecular complexity index is 2240. The van der Waals surface area contributed by atoms with Crippen molar-refractivity contribution in [3.63, 3.8) is 0 Å². The molecule has 4 heterocycles. The Morgan fingerprint density at radius 1 is 0.484 bits per heavy atom. The van der Waals surface area contributed by atoms with Gasteiger partial charge in [0, 0.05) is 24.3 Å². The van der Waals surface area contributed by atoms with Gasteiger partial charge in [-0.1, -0.05) is 41.5 Å². The number of aliphatic carboxylic acids is 1. The summed E-state index contributed by atoms with van der Waals surface area (Å²) < 4.78 is 57.0. The molecule has 4 aliphatic heterocycles. The molecule has 6 aliphatic rings. The molecule has 2 amide bonds. The fourth-order valence-electron chi connectivity index (χ4n) is 11.8. The fraction of sp³-hybridized carbons (Fsp3) is 0.932. The zero-order chi connectivity index (χ0) is 70.6. The van der Waals surface area contributed by atoms with Crippen LogP contribution >= 0.6 is 0 Å². The lowest BCUT2D eigenvalue weighted by Crippen LogP contribution is -2.66. The molecule has 6 fully saturated rings. The zero-order valence-electron chi connectivity index (χ0n) is 55.0. The molecule has 0 spiro atoms. The largest absolute Gasteiger partial charge is 0.479 e. The van der Waals surface area contributed by atoms with Crippen molar-refractivity contribution < 1.29 is 143 Å². The van der Waals surface area contributed by atoms with Crippen molar-refractivity contribution in [1.29, 1.82) is 0 Å². The van der Waals surface area contributed by atoms with E-state index in [0.29, 0.717) is 19.3 Å². The van der Waals surface area contributed by atoms with Crippen LogP contribution in [0.3, 0.4) is 0 Å². The summed E-state index contributed by atoms with van der Waals surface area (Å²) >= 11 is 0. The number of carboxylic acids is 1. The molecule has 0 aromatic carbocycles. The van der Waals surface area contributed by atoms with Gasteiger partial charge in [-0.05, 0) is 85.0 Å². The van der Waals surface area contributed by atoms with E-state index in [2.05, 4.69) is 10.6 Å². The summed E-state index contributed by atoms with van der Waals surface area (Å²) in [5.41, 5.74) is 16.6. The van der Waals surface area contributed by atoms with E-state index in [1.807, 2.05) is 13.8 Å². The number of carboxylic acid groups (broad SMARTS) is 1.